The van der Waals surface area contributed by atoms with Crippen LogP contribution in [0.4, 0.5) is 10.1 Å². The minimum atomic E-state index is -0.230. The molecule has 2 nitrogen and oxygen atoms in total. The lowest BCUT2D eigenvalue weighted by Gasteiger charge is -2.32. The van der Waals surface area contributed by atoms with Gasteiger partial charge in [0.25, 0.3) is 0 Å². The molecule has 0 saturated heterocycles. The number of nitrogens with one attached hydrogen (secondary N) is 2. The Morgan fingerprint density at radius 1 is 1.14 bits per heavy atom. The van der Waals surface area contributed by atoms with Crippen LogP contribution in [0.15, 0.2) is 36.4 Å². The highest BCUT2D eigenvalue weighted by atomic mass is 32.1. The number of benzene rings is 1. The van der Waals surface area contributed by atoms with Crippen LogP contribution in [0.25, 0.3) is 0 Å². The van der Waals surface area contributed by atoms with E-state index >= 15 is 0 Å². The number of halogens is 1. The molecule has 0 amide bonds. The SMILES string of the molecule is Fc1ccc(NC(=S)N[C@@H]2C[C@H]3C[C@H]2[C@@H]2C=CC[C@@H]32)cc1. The molecule has 3 aliphatic rings. The first-order valence-corrected chi connectivity index (χ1v) is 8.11. The second kappa shape index (κ2) is 5.09. The molecule has 1 aromatic carbocycles. The fourth-order valence-corrected chi connectivity index (χ4v) is 4.85. The second-order valence-corrected chi connectivity index (χ2v) is 6.92. The van der Waals surface area contributed by atoms with Gasteiger partial charge in [0.05, 0.1) is 0 Å². The Morgan fingerprint density at radius 2 is 1.95 bits per heavy atom. The van der Waals surface area contributed by atoms with Crippen LogP contribution in [-0.2, 0) is 0 Å². The molecule has 21 heavy (non-hydrogen) atoms. The van der Waals surface area contributed by atoms with Gasteiger partial charge in [0.2, 0.25) is 0 Å². The van der Waals surface area contributed by atoms with Gasteiger partial charge in [-0.05, 0) is 79.4 Å². The highest BCUT2D eigenvalue weighted by molar-refractivity contribution is 7.80. The molecule has 4 heteroatoms. The zero-order valence-corrected chi connectivity index (χ0v) is 12.6. The van der Waals surface area contributed by atoms with E-state index in [9.17, 15) is 4.39 Å². The smallest absolute Gasteiger partial charge is 0.171 e. The third-order valence-corrected chi connectivity index (χ3v) is 5.65. The van der Waals surface area contributed by atoms with Crippen LogP contribution in [0.2, 0.25) is 0 Å². The number of thiocarbonyl (C=S) groups is 1. The molecule has 2 bridgehead atoms. The number of anilines is 1. The fourth-order valence-electron chi connectivity index (χ4n) is 4.58. The molecular weight excluding hydrogens is 283 g/mol. The molecular formula is C17H19FN2S. The average molecular weight is 302 g/mol. The molecule has 3 aliphatic carbocycles. The summed E-state index contributed by atoms with van der Waals surface area (Å²) >= 11 is 5.41. The van der Waals surface area contributed by atoms with Gasteiger partial charge in [-0.2, -0.15) is 0 Å². The number of allylic oxidation sites excluding steroid dienone is 2. The van der Waals surface area contributed by atoms with Crippen molar-refractivity contribution < 1.29 is 4.39 Å². The van der Waals surface area contributed by atoms with Gasteiger partial charge in [0.15, 0.2) is 5.11 Å². The first-order valence-electron chi connectivity index (χ1n) is 7.70. The summed E-state index contributed by atoms with van der Waals surface area (Å²) in [5.41, 5.74) is 0.829. The van der Waals surface area contributed by atoms with Gasteiger partial charge >= 0.3 is 0 Å². The lowest BCUT2D eigenvalue weighted by molar-refractivity contribution is 0.246. The number of rotatable bonds is 2. The van der Waals surface area contributed by atoms with E-state index in [0.717, 1.165) is 29.4 Å². The lowest BCUT2D eigenvalue weighted by Crippen LogP contribution is -2.44. The molecule has 0 aliphatic heterocycles. The summed E-state index contributed by atoms with van der Waals surface area (Å²) < 4.78 is 12.9. The van der Waals surface area contributed by atoms with E-state index in [1.807, 2.05) is 0 Å². The van der Waals surface area contributed by atoms with E-state index in [1.54, 1.807) is 12.1 Å². The van der Waals surface area contributed by atoms with Crippen LogP contribution in [0, 0.1) is 29.5 Å². The van der Waals surface area contributed by atoms with E-state index < -0.39 is 0 Å². The Labute approximate surface area is 129 Å². The highest BCUT2D eigenvalue weighted by Gasteiger charge is 2.52. The van der Waals surface area contributed by atoms with Crippen molar-refractivity contribution in [3.63, 3.8) is 0 Å². The fraction of sp³-hybridized carbons (Fsp3) is 0.471. The summed E-state index contributed by atoms with van der Waals surface area (Å²) in [6.45, 7) is 0. The van der Waals surface area contributed by atoms with Crippen LogP contribution >= 0.6 is 12.2 Å². The molecule has 5 atom stereocenters. The summed E-state index contributed by atoms with van der Waals surface area (Å²) in [5, 5.41) is 7.28. The zero-order valence-electron chi connectivity index (χ0n) is 11.8. The normalized spacial score (nSPS) is 35.8. The molecule has 0 heterocycles. The minimum absolute atomic E-state index is 0.230. The molecule has 0 aromatic heterocycles. The van der Waals surface area contributed by atoms with Crippen molar-refractivity contribution >= 4 is 23.0 Å². The first-order chi connectivity index (χ1) is 10.2. The van der Waals surface area contributed by atoms with E-state index in [1.165, 1.54) is 31.4 Å². The van der Waals surface area contributed by atoms with Crippen LogP contribution < -0.4 is 10.6 Å². The van der Waals surface area contributed by atoms with Crippen molar-refractivity contribution in [2.45, 2.75) is 25.3 Å². The summed E-state index contributed by atoms with van der Waals surface area (Å²) in [6, 6.07) is 6.78. The summed E-state index contributed by atoms with van der Waals surface area (Å²) in [7, 11) is 0. The van der Waals surface area contributed by atoms with E-state index in [2.05, 4.69) is 22.8 Å². The van der Waals surface area contributed by atoms with E-state index in [4.69, 9.17) is 12.2 Å². The Bertz CT molecular complexity index is 583. The maximum absolute atomic E-state index is 12.9. The molecule has 2 saturated carbocycles. The van der Waals surface area contributed by atoms with Crippen LogP contribution in [-0.4, -0.2) is 11.2 Å². The summed E-state index contributed by atoms with van der Waals surface area (Å²) in [4.78, 5) is 0. The van der Waals surface area contributed by atoms with Gasteiger partial charge in [-0.25, -0.2) is 4.39 Å². The molecule has 4 rings (SSSR count). The molecule has 2 fully saturated rings. The van der Waals surface area contributed by atoms with Gasteiger partial charge in [-0.3, -0.25) is 0 Å². The van der Waals surface area contributed by atoms with Crippen LogP contribution in [0.3, 0.4) is 0 Å². The van der Waals surface area contributed by atoms with Gasteiger partial charge in [-0.1, -0.05) is 12.2 Å². The van der Waals surface area contributed by atoms with E-state index in [-0.39, 0.29) is 5.82 Å². The van der Waals surface area contributed by atoms with Crippen molar-refractivity contribution in [1.82, 2.24) is 5.32 Å². The first kappa shape index (κ1) is 13.3. The predicted octanol–water partition coefficient (Wildman–Crippen LogP) is 3.71. The largest absolute Gasteiger partial charge is 0.359 e. The quantitative estimate of drug-likeness (QED) is 0.643. The Morgan fingerprint density at radius 3 is 2.76 bits per heavy atom. The maximum Gasteiger partial charge on any atom is 0.171 e. The van der Waals surface area contributed by atoms with Gasteiger partial charge in [0.1, 0.15) is 5.82 Å². The second-order valence-electron chi connectivity index (χ2n) is 6.51. The Kier molecular flexibility index (Phi) is 3.21. The van der Waals surface area contributed by atoms with Crippen molar-refractivity contribution in [2.75, 3.05) is 5.32 Å². The molecule has 1 aromatic rings. The summed E-state index contributed by atoms with van der Waals surface area (Å²) in [5.74, 6) is 3.01. The molecule has 0 spiro atoms. The van der Waals surface area contributed by atoms with Crippen LogP contribution in [0.5, 0.6) is 0 Å². The number of hydrogen-bond donors (Lipinski definition) is 2. The molecule has 2 N–H and O–H groups in total. The molecule has 110 valence electrons. The van der Waals surface area contributed by atoms with Gasteiger partial charge in [-0.15, -0.1) is 0 Å². The third-order valence-electron chi connectivity index (χ3n) is 5.43. The molecule has 0 unspecified atom stereocenters. The summed E-state index contributed by atoms with van der Waals surface area (Å²) in [6.07, 6.45) is 8.62. The van der Waals surface area contributed by atoms with Crippen LogP contribution in [0.1, 0.15) is 19.3 Å². The van der Waals surface area contributed by atoms with Crippen molar-refractivity contribution in [3.8, 4) is 0 Å². The average Bonchev–Trinajstić information content (AvgIpc) is 3.13. The van der Waals surface area contributed by atoms with Gasteiger partial charge in [0, 0.05) is 11.7 Å². The Hall–Kier alpha value is -1.42. The molecule has 0 radical (unpaired) electrons. The van der Waals surface area contributed by atoms with Crippen molar-refractivity contribution in [3.05, 3.63) is 42.2 Å². The third kappa shape index (κ3) is 2.35. The maximum atomic E-state index is 12.9. The lowest BCUT2D eigenvalue weighted by atomic mass is 9.79. The highest BCUT2D eigenvalue weighted by Crippen LogP contribution is 2.56. The van der Waals surface area contributed by atoms with E-state index in [0.29, 0.717) is 11.2 Å². The topological polar surface area (TPSA) is 24.1 Å². The Balaban J connectivity index is 1.37. The zero-order chi connectivity index (χ0) is 14.4. The van der Waals surface area contributed by atoms with Gasteiger partial charge < -0.3 is 10.6 Å². The standard InChI is InChI=1S/C17H19FN2S/c18-11-4-6-12(7-5-11)19-17(21)20-16-9-10-8-15(16)14-3-1-2-13(10)14/h1,3-7,10,13-16H,2,8-9H2,(H2,19,20,21)/t10-,13+,14-,15+,16-/m1/s1. The predicted molar refractivity (Wildman–Crippen MR) is 86.5 cm³/mol. The number of hydrogen-bond acceptors (Lipinski definition) is 1. The van der Waals surface area contributed by atoms with Crippen molar-refractivity contribution in [2.24, 2.45) is 23.7 Å². The monoisotopic (exact) mass is 302 g/mol. The number of fused-ring (bicyclic) bond motifs is 5. The van der Waals surface area contributed by atoms with Crippen molar-refractivity contribution in [1.29, 1.82) is 0 Å². The minimum Gasteiger partial charge on any atom is -0.359 e.